The van der Waals surface area contributed by atoms with Crippen molar-refractivity contribution in [1.82, 2.24) is 0 Å². The van der Waals surface area contributed by atoms with Gasteiger partial charge < -0.3 is 0 Å². The highest BCUT2D eigenvalue weighted by atomic mass is 14.1. The summed E-state index contributed by atoms with van der Waals surface area (Å²) in [5.74, 6) is 0.765. The zero-order chi connectivity index (χ0) is 10.2. The summed E-state index contributed by atoms with van der Waals surface area (Å²) >= 11 is 0. The Balaban J connectivity index is 1.94. The van der Waals surface area contributed by atoms with Gasteiger partial charge in [0.05, 0.1) is 0 Å². The Kier molecular flexibility index (Phi) is 5.66. The van der Waals surface area contributed by atoms with Crippen molar-refractivity contribution in [3.63, 3.8) is 0 Å². The summed E-state index contributed by atoms with van der Waals surface area (Å²) in [7, 11) is 0. The van der Waals surface area contributed by atoms with Crippen LogP contribution in [0.1, 0.15) is 58.8 Å². The molecule has 0 saturated carbocycles. The summed E-state index contributed by atoms with van der Waals surface area (Å²) in [5.41, 5.74) is 1.55. The Morgan fingerprint density at radius 3 is 2.43 bits per heavy atom. The molecule has 0 aliphatic heterocycles. The van der Waals surface area contributed by atoms with Crippen molar-refractivity contribution in [3.05, 3.63) is 23.8 Å². The molecular weight excluding hydrogens is 168 g/mol. The summed E-state index contributed by atoms with van der Waals surface area (Å²) in [6.45, 7) is 4.53. The quantitative estimate of drug-likeness (QED) is 0.505. The fraction of sp³-hybridized carbons (Fsp3) is 0.714. The van der Waals surface area contributed by atoms with E-state index in [-0.39, 0.29) is 0 Å². The van der Waals surface area contributed by atoms with Crippen molar-refractivity contribution in [1.29, 1.82) is 0 Å². The molecule has 0 radical (unpaired) electrons. The van der Waals surface area contributed by atoms with Crippen molar-refractivity contribution in [2.75, 3.05) is 0 Å². The second-order valence-electron chi connectivity index (χ2n) is 4.46. The van der Waals surface area contributed by atoms with E-state index in [0.29, 0.717) is 0 Å². The van der Waals surface area contributed by atoms with Crippen LogP contribution in [0.2, 0.25) is 0 Å². The highest BCUT2D eigenvalue weighted by Gasteiger charge is 2.09. The lowest BCUT2D eigenvalue weighted by molar-refractivity contribution is 0.556. The van der Waals surface area contributed by atoms with E-state index >= 15 is 0 Å². The van der Waals surface area contributed by atoms with Crippen LogP contribution in [0.3, 0.4) is 0 Å². The third-order valence-electron chi connectivity index (χ3n) is 3.16. The number of hydrogen-bond donors (Lipinski definition) is 0. The first-order valence-corrected chi connectivity index (χ1v) is 6.19. The molecule has 0 spiro atoms. The van der Waals surface area contributed by atoms with Gasteiger partial charge in [-0.1, -0.05) is 69.2 Å². The summed E-state index contributed by atoms with van der Waals surface area (Å²) in [5, 5.41) is 0. The zero-order valence-corrected chi connectivity index (χ0v) is 9.76. The van der Waals surface area contributed by atoms with Crippen LogP contribution in [-0.4, -0.2) is 0 Å². The van der Waals surface area contributed by atoms with Gasteiger partial charge in [-0.25, -0.2) is 0 Å². The second-order valence-corrected chi connectivity index (χ2v) is 4.46. The highest BCUT2D eigenvalue weighted by molar-refractivity contribution is 5.25. The summed E-state index contributed by atoms with van der Waals surface area (Å²) in [6.07, 6.45) is 16.7. The third-order valence-corrected chi connectivity index (χ3v) is 3.16. The molecule has 0 nitrogen and oxygen atoms in total. The van der Waals surface area contributed by atoms with E-state index in [4.69, 9.17) is 0 Å². The maximum atomic E-state index is 2.35. The lowest BCUT2D eigenvalue weighted by atomic mass is 9.96. The van der Waals surface area contributed by atoms with Crippen LogP contribution in [0, 0.1) is 5.92 Å². The lowest BCUT2D eigenvalue weighted by Crippen LogP contribution is -1.94. The maximum Gasteiger partial charge on any atom is -0.00198 e. The predicted molar refractivity (Wildman–Crippen MR) is 64.4 cm³/mol. The molecule has 1 atom stereocenters. The van der Waals surface area contributed by atoms with Gasteiger partial charge in [0.15, 0.2) is 0 Å². The second kappa shape index (κ2) is 6.86. The molecule has 0 amide bonds. The third kappa shape index (κ3) is 4.13. The molecule has 14 heavy (non-hydrogen) atoms. The molecule has 0 saturated heterocycles. The van der Waals surface area contributed by atoms with Crippen molar-refractivity contribution in [2.24, 2.45) is 5.92 Å². The van der Waals surface area contributed by atoms with Crippen LogP contribution in [0.15, 0.2) is 23.8 Å². The van der Waals surface area contributed by atoms with Gasteiger partial charge in [0.2, 0.25) is 0 Å². The van der Waals surface area contributed by atoms with Crippen LogP contribution in [0.25, 0.3) is 0 Å². The molecule has 0 fully saturated rings. The Labute approximate surface area is 89.1 Å². The average molecular weight is 192 g/mol. The zero-order valence-electron chi connectivity index (χ0n) is 9.76. The largest absolute Gasteiger partial charge is 0.0773 e. The normalized spacial score (nSPS) is 20.1. The summed E-state index contributed by atoms with van der Waals surface area (Å²) in [4.78, 5) is 0. The maximum absolute atomic E-state index is 2.35. The molecule has 1 aliphatic rings. The van der Waals surface area contributed by atoms with Gasteiger partial charge in [0, 0.05) is 0 Å². The summed E-state index contributed by atoms with van der Waals surface area (Å²) in [6, 6.07) is 0. The first-order chi connectivity index (χ1) is 6.84. The Morgan fingerprint density at radius 1 is 1.07 bits per heavy atom. The molecule has 0 heteroatoms. The minimum absolute atomic E-state index is 0.765. The van der Waals surface area contributed by atoms with E-state index in [1.54, 1.807) is 5.57 Å². The van der Waals surface area contributed by atoms with Gasteiger partial charge in [-0.05, 0) is 19.3 Å². The number of hydrogen-bond acceptors (Lipinski definition) is 0. The minimum Gasteiger partial charge on any atom is -0.0773 e. The molecule has 0 aromatic heterocycles. The Bertz CT molecular complexity index is 198. The molecule has 1 aliphatic carbocycles. The van der Waals surface area contributed by atoms with E-state index in [1.165, 1.54) is 44.9 Å². The Morgan fingerprint density at radius 2 is 1.79 bits per heavy atom. The first-order valence-electron chi connectivity index (χ1n) is 6.19. The van der Waals surface area contributed by atoms with Gasteiger partial charge >= 0.3 is 0 Å². The van der Waals surface area contributed by atoms with Crippen LogP contribution in [0.5, 0.6) is 0 Å². The molecule has 0 aromatic rings. The van der Waals surface area contributed by atoms with Crippen molar-refractivity contribution < 1.29 is 0 Å². The van der Waals surface area contributed by atoms with Crippen LogP contribution in [0.4, 0.5) is 0 Å². The lowest BCUT2D eigenvalue weighted by Gasteiger charge is -2.09. The van der Waals surface area contributed by atoms with E-state index < -0.39 is 0 Å². The number of rotatable bonds is 7. The van der Waals surface area contributed by atoms with E-state index in [1.807, 2.05) is 0 Å². The monoisotopic (exact) mass is 192 g/mol. The fourth-order valence-electron chi connectivity index (χ4n) is 2.09. The predicted octanol–water partition coefficient (Wildman–Crippen LogP) is 4.87. The molecule has 0 aromatic carbocycles. The molecule has 80 valence electrons. The van der Waals surface area contributed by atoms with Crippen LogP contribution >= 0.6 is 0 Å². The molecule has 0 N–H and O–H groups in total. The SMILES string of the molecule is CCCCCCCCC1C=CC=C1C. The van der Waals surface area contributed by atoms with Crippen LogP contribution < -0.4 is 0 Å². The number of unbranched alkanes of at least 4 members (excludes halogenated alkanes) is 5. The minimum atomic E-state index is 0.765. The molecular formula is C14H24. The smallest absolute Gasteiger partial charge is 0.00198 e. The van der Waals surface area contributed by atoms with Gasteiger partial charge in [-0.2, -0.15) is 0 Å². The van der Waals surface area contributed by atoms with E-state index in [2.05, 4.69) is 32.1 Å². The Hall–Kier alpha value is -0.520. The molecule has 0 heterocycles. The van der Waals surface area contributed by atoms with Gasteiger partial charge in [0.1, 0.15) is 0 Å². The summed E-state index contributed by atoms with van der Waals surface area (Å²) < 4.78 is 0. The topological polar surface area (TPSA) is 0 Å². The standard InChI is InChI=1S/C14H24/c1-3-4-5-6-7-8-11-14-12-9-10-13(14)2/h9-10,12,14H,3-8,11H2,1-2H3. The molecule has 0 bridgehead atoms. The molecule has 1 unspecified atom stereocenters. The van der Waals surface area contributed by atoms with Crippen LogP contribution in [-0.2, 0) is 0 Å². The van der Waals surface area contributed by atoms with E-state index in [9.17, 15) is 0 Å². The fourth-order valence-corrected chi connectivity index (χ4v) is 2.09. The van der Waals surface area contributed by atoms with Gasteiger partial charge in [0.25, 0.3) is 0 Å². The van der Waals surface area contributed by atoms with E-state index in [0.717, 1.165) is 5.92 Å². The van der Waals surface area contributed by atoms with Gasteiger partial charge in [-0.3, -0.25) is 0 Å². The molecule has 1 rings (SSSR count). The van der Waals surface area contributed by atoms with Crippen molar-refractivity contribution >= 4 is 0 Å². The van der Waals surface area contributed by atoms with Crippen molar-refractivity contribution in [2.45, 2.75) is 58.8 Å². The number of allylic oxidation sites excluding steroid dienone is 4. The first kappa shape index (κ1) is 11.6. The average Bonchev–Trinajstić information content (AvgIpc) is 2.58. The van der Waals surface area contributed by atoms with Crippen molar-refractivity contribution in [3.8, 4) is 0 Å². The highest BCUT2D eigenvalue weighted by Crippen LogP contribution is 2.24. The van der Waals surface area contributed by atoms with Gasteiger partial charge in [-0.15, -0.1) is 0 Å².